The number of fused-ring (bicyclic) bond motifs is 4. The van der Waals surface area contributed by atoms with Crippen molar-refractivity contribution in [2.24, 2.45) is 23.7 Å². The minimum Gasteiger partial charge on any atom is -0.458 e. The lowest BCUT2D eigenvalue weighted by molar-refractivity contribution is -0.163. The van der Waals surface area contributed by atoms with Crippen molar-refractivity contribution in [3.8, 4) is 11.5 Å². The summed E-state index contributed by atoms with van der Waals surface area (Å²) >= 11 is 0. The van der Waals surface area contributed by atoms with E-state index in [9.17, 15) is 43.2 Å². The molecule has 6 heterocycles. The van der Waals surface area contributed by atoms with Crippen LogP contribution in [0.3, 0.4) is 0 Å². The van der Waals surface area contributed by atoms with Crippen molar-refractivity contribution in [3.05, 3.63) is 62.6 Å². The fourth-order valence-electron chi connectivity index (χ4n) is 13.2. The minimum atomic E-state index is -1.91. The number of aromatic amines is 1. The third-order valence-electron chi connectivity index (χ3n) is 18.8. The molecule has 5 aliphatic heterocycles. The Bertz CT molecular complexity index is 3790. The van der Waals surface area contributed by atoms with Gasteiger partial charge >= 0.3 is 11.9 Å². The Kier molecular flexibility index (Phi) is 23.8. The molecule has 10 N–H and O–H groups in total. The molecule has 0 unspecified atom stereocenters. The van der Waals surface area contributed by atoms with Gasteiger partial charge in [0.2, 0.25) is 52.7 Å². The van der Waals surface area contributed by atoms with E-state index < -0.39 is 191 Å². The molecule has 0 saturated carbocycles. The molecule has 8 rings (SSSR count). The first-order chi connectivity index (χ1) is 45.6. The first kappa shape index (κ1) is 75.7. The molecular weight excluding hydrogens is 1270 g/mol. The highest BCUT2D eigenvalue weighted by Gasteiger charge is 2.47. The highest BCUT2D eigenvalue weighted by Crippen LogP contribution is 2.38. The third kappa shape index (κ3) is 15.4. The van der Waals surface area contributed by atoms with Crippen LogP contribution in [0.1, 0.15) is 132 Å². The van der Waals surface area contributed by atoms with E-state index in [1.165, 1.54) is 74.6 Å². The highest BCUT2D eigenvalue weighted by molar-refractivity contribution is 6.11. The zero-order valence-corrected chi connectivity index (χ0v) is 58.5. The topological polar surface area (TPSA) is 419 Å². The van der Waals surface area contributed by atoms with Crippen LogP contribution in [0.4, 0.5) is 11.4 Å². The van der Waals surface area contributed by atoms with Gasteiger partial charge in [-0.05, 0) is 95.2 Å². The molecule has 0 radical (unpaired) electrons. The first-order valence-corrected chi connectivity index (χ1v) is 32.9. The van der Waals surface area contributed by atoms with Crippen LogP contribution in [0, 0.1) is 37.5 Å². The van der Waals surface area contributed by atoms with Gasteiger partial charge in [0.15, 0.2) is 11.3 Å². The van der Waals surface area contributed by atoms with E-state index in [-0.39, 0.29) is 71.6 Å². The maximum atomic E-state index is 15.6. The van der Waals surface area contributed by atoms with Gasteiger partial charge in [-0.2, -0.15) is 0 Å². The van der Waals surface area contributed by atoms with E-state index in [2.05, 4.69) is 31.6 Å². The zero-order valence-electron chi connectivity index (χ0n) is 58.5. The van der Waals surface area contributed by atoms with Gasteiger partial charge in [0.25, 0.3) is 11.8 Å². The Balaban J connectivity index is 0.0000135. The van der Waals surface area contributed by atoms with Gasteiger partial charge < -0.3 is 86.1 Å². The Labute approximate surface area is 567 Å². The number of rotatable bonds is 11. The average molecular weight is 1370 g/mol. The summed E-state index contributed by atoms with van der Waals surface area (Å²) in [4.78, 5) is 205. The summed E-state index contributed by atoms with van der Waals surface area (Å²) < 4.78 is 18.7. The van der Waals surface area contributed by atoms with Crippen LogP contribution in [0.5, 0.6) is 0 Å². The third-order valence-corrected chi connectivity index (χ3v) is 18.8. The number of carbonyl (C=O) groups excluding carboxylic acids is 12. The van der Waals surface area contributed by atoms with E-state index in [4.69, 9.17) is 24.6 Å². The Morgan fingerprint density at radius 1 is 0.653 bits per heavy atom. The number of benzene rings is 2. The van der Waals surface area contributed by atoms with Crippen molar-refractivity contribution >= 4 is 93.5 Å². The maximum absolute atomic E-state index is 15.6. The fraction of sp³-hybridized carbons (Fsp3) is 0.582. The van der Waals surface area contributed by atoms with Crippen LogP contribution in [0.2, 0.25) is 0 Å². The smallest absolute Gasteiger partial charge is 0.329 e. The van der Waals surface area contributed by atoms with Crippen molar-refractivity contribution in [1.82, 2.24) is 60.6 Å². The summed E-state index contributed by atoms with van der Waals surface area (Å²) in [7, 11) is 5.59. The molecule has 2 aromatic rings. The summed E-state index contributed by atoms with van der Waals surface area (Å²) in [5.41, 5.74) is 4.39. The fourth-order valence-corrected chi connectivity index (χ4v) is 13.2. The van der Waals surface area contributed by atoms with Gasteiger partial charge in [-0.3, -0.25) is 52.7 Å². The highest BCUT2D eigenvalue weighted by atomic mass is 16.6. The van der Waals surface area contributed by atoms with E-state index >= 15 is 19.2 Å². The molecule has 10 amide bonds. The molecule has 534 valence electrons. The molecule has 6 aliphatic rings. The summed E-state index contributed by atoms with van der Waals surface area (Å²) in [6.45, 7) is 18.5. The van der Waals surface area contributed by atoms with E-state index in [0.29, 0.717) is 24.1 Å². The predicted octanol–water partition coefficient (Wildman–Crippen LogP) is 0.841. The number of amides is 10. The molecule has 98 heavy (non-hydrogen) atoms. The van der Waals surface area contributed by atoms with Crippen LogP contribution in [-0.4, -0.2) is 231 Å². The van der Waals surface area contributed by atoms with E-state index in [1.807, 2.05) is 0 Å². The molecule has 0 spiro atoms. The van der Waals surface area contributed by atoms with Crippen LogP contribution < -0.4 is 37.7 Å². The Hall–Kier alpha value is -9.68. The zero-order chi connectivity index (χ0) is 71.7. The molecule has 4 saturated heterocycles. The molecule has 31 heteroatoms. The number of nitrogens with one attached hydrogen (secondary N) is 6. The number of H-pyrrole nitrogens is 1. The number of nitrogens with two attached hydrogens (primary N) is 1. The van der Waals surface area contributed by atoms with Gasteiger partial charge in [-0.25, -0.2) is 14.6 Å². The number of cyclic esters (lactones) is 2. The lowest BCUT2D eigenvalue weighted by Gasteiger charge is -2.36. The monoisotopic (exact) mass is 1370 g/mol. The van der Waals surface area contributed by atoms with Crippen molar-refractivity contribution in [2.45, 2.75) is 176 Å². The second-order valence-corrected chi connectivity index (χ2v) is 27.3. The van der Waals surface area contributed by atoms with Gasteiger partial charge in [-0.1, -0.05) is 55.4 Å². The van der Waals surface area contributed by atoms with Crippen molar-refractivity contribution < 1.29 is 76.9 Å². The number of aryl methyl sites for hydroxylation is 1. The largest absolute Gasteiger partial charge is 0.458 e. The van der Waals surface area contributed by atoms with Crippen molar-refractivity contribution in [1.29, 1.82) is 0 Å². The maximum Gasteiger partial charge on any atom is 0.329 e. The number of carbonyl (C=O) groups is 12. The summed E-state index contributed by atoms with van der Waals surface area (Å²) in [6.07, 6.45) is -0.0499. The second-order valence-electron chi connectivity index (χ2n) is 27.3. The van der Waals surface area contributed by atoms with E-state index in [0.717, 1.165) is 9.80 Å². The average Bonchev–Trinajstić information content (AvgIpc) is 0.898. The van der Waals surface area contributed by atoms with Crippen molar-refractivity contribution in [2.75, 3.05) is 65.4 Å². The number of esters is 2. The molecule has 31 nitrogen and oxygen atoms in total. The second kappa shape index (κ2) is 30.8. The minimum absolute atomic E-state index is 0. The van der Waals surface area contributed by atoms with Gasteiger partial charge in [0.05, 0.1) is 36.4 Å². The van der Waals surface area contributed by atoms with Gasteiger partial charge in [0, 0.05) is 70.0 Å². The molecule has 1 aliphatic carbocycles. The normalized spacial score (nSPS) is 24.9. The summed E-state index contributed by atoms with van der Waals surface area (Å²) in [6, 6.07) is -5.94. The number of likely N-dealkylation sites (N-methyl/N-ethyl adjacent to an activating group) is 4. The number of hydrogen-bond acceptors (Lipinski definition) is 19. The predicted molar refractivity (Wildman–Crippen MR) is 357 cm³/mol. The van der Waals surface area contributed by atoms with Crippen LogP contribution in [0.15, 0.2) is 33.6 Å². The van der Waals surface area contributed by atoms with Crippen LogP contribution >= 0.6 is 0 Å². The molecular formula is C67H94N14O17. The standard InChI is InChI=1S/C67H92N14O16.H2O/c1-30(2)47-64(91)80-24-18-21-41(80)62(89)76(13)28-43(82)78(15)53(32(5)6)66(93)95-36(11)49(60(87)72-47)74-58(85)39-26-40(70-27-38-20-17-23-69-38)34(9)56-51(39)71-52-45(46(68)55(84)35(10)57(52)97-56)59(86)75-50-37(12)96-67(94)54(33(7)8)79(16)44(83)29-77(14)63(90)42-22-19-25-81(42)65(92)48(31(3)4)73-61(50)88;/h17,20,23,26,30-33,36-37,41-42,47-50,53-54,69-70H,18-19,21-22,24-25,27-29,68H2,1-16H3,(H,72,87)(H,73,88)(H,74,85)(H,75,86);1H2/t36-,37-,41+,42+,47-,48-,49+,50+,53+,54+;/m1./s1. The molecule has 1 aromatic carbocycles. The van der Waals surface area contributed by atoms with Crippen molar-refractivity contribution in [3.63, 3.8) is 0 Å². The number of nitrogen functional groups attached to an aromatic ring is 1. The quantitative estimate of drug-likeness (QED) is 0.0621. The Morgan fingerprint density at radius 2 is 1.11 bits per heavy atom. The molecule has 4 fully saturated rings. The van der Waals surface area contributed by atoms with Gasteiger partial charge in [-0.15, -0.1) is 0 Å². The number of anilines is 2. The summed E-state index contributed by atoms with van der Waals surface area (Å²) in [5, 5.41) is 14.1. The van der Waals surface area contributed by atoms with E-state index in [1.54, 1.807) is 80.6 Å². The number of nitrogens with zero attached hydrogens (tertiary/aromatic N) is 7. The number of aromatic nitrogens is 2. The lowest BCUT2D eigenvalue weighted by atomic mass is 9.98. The SMILES string of the molecule is Cc1c2oc3c(C)c(NCc4ccc[nH]4)cc(C(=O)N[C@@H]4C(=O)N[C@H](C(C)C)C(=O)N5CCC[C@H]5C(=O)N(C)CC(=O)N(C)[C@@H](C(C)C)C(=O)O[C@@H]4C)c3nc-2c(C(=O)N[C@@H]2C(=O)N[C@H](C(C)C)C(=O)N3CCC[C@H]3C(=O)N(C)CC(=O)N(C)[C@@H](C(C)C)C(=O)O[C@@H]2C)c(N)c1=O.O. The first-order valence-electron chi connectivity index (χ1n) is 32.9. The molecule has 1 aromatic heterocycles. The summed E-state index contributed by atoms with van der Waals surface area (Å²) in [5.74, 6) is -12.6. The number of hydrogen-bond donors (Lipinski definition) is 7. The Morgan fingerprint density at radius 3 is 1.54 bits per heavy atom. The van der Waals surface area contributed by atoms with Gasteiger partial charge in [0.1, 0.15) is 71.8 Å². The molecule has 10 atom stereocenters. The number of ether oxygens (including phenoxy) is 2. The van der Waals surface area contributed by atoms with Crippen LogP contribution in [0.25, 0.3) is 22.6 Å². The lowest BCUT2D eigenvalue weighted by Crippen LogP contribution is -2.61. The van der Waals surface area contributed by atoms with Crippen LogP contribution in [-0.2, 0) is 64.0 Å². The molecule has 0 bridgehead atoms.